The third-order valence-electron chi connectivity index (χ3n) is 4.19. The van der Waals surface area contributed by atoms with Crippen LogP contribution in [0.4, 0.5) is 0 Å². The Morgan fingerprint density at radius 1 is 1.19 bits per heavy atom. The number of nitrogens with zero attached hydrogens (tertiary/aromatic N) is 3. The summed E-state index contributed by atoms with van der Waals surface area (Å²) >= 11 is 1.14. The fourth-order valence-corrected chi connectivity index (χ4v) is 3.68. The Balaban J connectivity index is 1.83. The maximum Gasteiger partial charge on any atom is 0.325 e. The largest absolute Gasteiger partial charge is 0.465 e. The van der Waals surface area contributed by atoms with Gasteiger partial charge in [0.25, 0.3) is 5.56 Å². The molecule has 1 amide bonds. The highest BCUT2D eigenvalue weighted by Crippen LogP contribution is 2.23. The number of hydrogen-bond acceptors (Lipinski definition) is 8. The number of amides is 1. The third kappa shape index (κ3) is 6.17. The molecule has 12 heteroatoms. The van der Waals surface area contributed by atoms with E-state index < -0.39 is 17.2 Å². The molecular formula is C20H22N6O5S. The van der Waals surface area contributed by atoms with E-state index in [-0.39, 0.29) is 31.2 Å². The topological polar surface area (TPSA) is 152 Å². The number of benzene rings is 1. The lowest BCUT2D eigenvalue weighted by atomic mass is 10.2. The van der Waals surface area contributed by atoms with Gasteiger partial charge < -0.3 is 15.0 Å². The van der Waals surface area contributed by atoms with Gasteiger partial charge in [0.05, 0.1) is 12.4 Å². The molecule has 3 aromatic rings. The Bertz CT molecular complexity index is 1200. The van der Waals surface area contributed by atoms with Crippen molar-refractivity contribution in [3.05, 3.63) is 68.3 Å². The van der Waals surface area contributed by atoms with Crippen molar-refractivity contribution in [3.63, 3.8) is 0 Å². The van der Waals surface area contributed by atoms with Crippen LogP contribution in [0.25, 0.3) is 5.69 Å². The zero-order valence-electron chi connectivity index (χ0n) is 17.5. The zero-order valence-corrected chi connectivity index (χ0v) is 18.3. The Labute approximate surface area is 186 Å². The van der Waals surface area contributed by atoms with Crippen LogP contribution in [0.15, 0.2) is 45.1 Å². The molecule has 0 fully saturated rings. The molecule has 32 heavy (non-hydrogen) atoms. The zero-order chi connectivity index (χ0) is 23.1. The van der Waals surface area contributed by atoms with Gasteiger partial charge in [-0.1, -0.05) is 23.9 Å². The number of nitrogens with one attached hydrogen (secondary N) is 3. The molecule has 168 valence electrons. The number of carbonyl (C=O) groups is 2. The molecular weight excluding hydrogens is 436 g/mol. The standard InChI is InChI=1S/C20H22N6O5S/c1-3-31-18(29)10-21-17(28)11-32-20-25-24-15(8-13-9-16(27)23-19(30)22-13)26(20)14-6-4-5-12(2)7-14/h4-7,9H,3,8,10-11H2,1-2H3,(H,21,28)(H2,22,23,27,30). The monoisotopic (exact) mass is 458 g/mol. The van der Waals surface area contributed by atoms with Crippen LogP contribution in [-0.4, -0.2) is 55.5 Å². The SMILES string of the molecule is CCOC(=O)CNC(=O)CSc1nnc(Cc2cc(=O)[nH]c(=O)[nH]2)n1-c1cccc(C)c1. The smallest absolute Gasteiger partial charge is 0.325 e. The summed E-state index contributed by atoms with van der Waals surface area (Å²) < 4.78 is 6.54. The first kappa shape index (κ1) is 23.0. The van der Waals surface area contributed by atoms with Crippen molar-refractivity contribution < 1.29 is 14.3 Å². The molecule has 0 unspecified atom stereocenters. The molecule has 2 aromatic heterocycles. The average molecular weight is 459 g/mol. The molecule has 0 radical (unpaired) electrons. The highest BCUT2D eigenvalue weighted by Gasteiger charge is 2.17. The molecule has 3 N–H and O–H groups in total. The van der Waals surface area contributed by atoms with E-state index in [2.05, 4.69) is 25.5 Å². The van der Waals surface area contributed by atoms with Crippen LogP contribution in [0.1, 0.15) is 24.0 Å². The minimum Gasteiger partial charge on any atom is -0.465 e. The van der Waals surface area contributed by atoms with Gasteiger partial charge in [0.2, 0.25) is 5.91 Å². The van der Waals surface area contributed by atoms with E-state index in [0.717, 1.165) is 23.0 Å². The molecule has 0 aliphatic heterocycles. The minimum absolute atomic E-state index is 0.00515. The molecule has 0 atom stereocenters. The molecule has 0 aliphatic rings. The van der Waals surface area contributed by atoms with Crippen molar-refractivity contribution in [1.82, 2.24) is 30.0 Å². The summed E-state index contributed by atoms with van der Waals surface area (Å²) in [6, 6.07) is 8.90. The minimum atomic E-state index is -0.609. The van der Waals surface area contributed by atoms with Gasteiger partial charge in [-0.3, -0.25) is 23.9 Å². The van der Waals surface area contributed by atoms with Crippen molar-refractivity contribution >= 4 is 23.6 Å². The number of aromatic amines is 2. The summed E-state index contributed by atoms with van der Waals surface area (Å²) in [5, 5.41) is 11.3. The van der Waals surface area contributed by atoms with E-state index in [1.807, 2.05) is 31.2 Å². The van der Waals surface area contributed by atoms with Crippen LogP contribution >= 0.6 is 11.8 Å². The van der Waals surface area contributed by atoms with E-state index in [1.165, 1.54) is 6.07 Å². The molecule has 0 saturated carbocycles. The Morgan fingerprint density at radius 2 is 2.00 bits per heavy atom. The fraction of sp³-hybridized carbons (Fsp3) is 0.300. The fourth-order valence-electron chi connectivity index (χ4n) is 2.88. The molecule has 2 heterocycles. The second-order valence-electron chi connectivity index (χ2n) is 6.73. The summed E-state index contributed by atoms with van der Waals surface area (Å²) in [4.78, 5) is 51.5. The second kappa shape index (κ2) is 10.6. The second-order valence-corrected chi connectivity index (χ2v) is 7.68. The Hall–Kier alpha value is -3.67. The van der Waals surface area contributed by atoms with Gasteiger partial charge in [0.1, 0.15) is 12.4 Å². The molecule has 11 nitrogen and oxygen atoms in total. The van der Waals surface area contributed by atoms with Crippen molar-refractivity contribution in [2.75, 3.05) is 18.9 Å². The molecule has 3 rings (SSSR count). The highest BCUT2D eigenvalue weighted by molar-refractivity contribution is 7.99. The number of esters is 1. The summed E-state index contributed by atoms with van der Waals surface area (Å²) in [6.07, 6.45) is 0.149. The lowest BCUT2D eigenvalue weighted by Gasteiger charge is -2.11. The lowest BCUT2D eigenvalue weighted by molar-refractivity contribution is -0.143. The van der Waals surface area contributed by atoms with Crippen LogP contribution in [0, 0.1) is 6.92 Å². The predicted octanol–water partition coefficient (Wildman–Crippen LogP) is 0.315. The van der Waals surface area contributed by atoms with Crippen molar-refractivity contribution in [3.8, 4) is 5.69 Å². The van der Waals surface area contributed by atoms with E-state index in [1.54, 1.807) is 11.5 Å². The molecule has 1 aromatic carbocycles. The first-order valence-electron chi connectivity index (χ1n) is 9.74. The summed E-state index contributed by atoms with van der Waals surface area (Å²) in [5.41, 5.74) is 1.03. The number of H-pyrrole nitrogens is 2. The summed E-state index contributed by atoms with van der Waals surface area (Å²) in [6.45, 7) is 3.66. The van der Waals surface area contributed by atoms with Crippen LogP contribution in [0.5, 0.6) is 0 Å². The third-order valence-corrected chi connectivity index (χ3v) is 5.12. The van der Waals surface area contributed by atoms with Crippen LogP contribution in [0.3, 0.4) is 0 Å². The van der Waals surface area contributed by atoms with E-state index in [9.17, 15) is 19.2 Å². The number of aryl methyl sites for hydroxylation is 1. The maximum absolute atomic E-state index is 12.1. The number of carbonyl (C=O) groups excluding carboxylic acids is 2. The number of hydrogen-bond donors (Lipinski definition) is 3. The van der Waals surface area contributed by atoms with E-state index in [4.69, 9.17) is 4.74 Å². The highest BCUT2D eigenvalue weighted by atomic mass is 32.2. The van der Waals surface area contributed by atoms with Crippen LogP contribution in [-0.2, 0) is 20.7 Å². The van der Waals surface area contributed by atoms with Crippen LogP contribution < -0.4 is 16.6 Å². The van der Waals surface area contributed by atoms with Gasteiger partial charge >= 0.3 is 11.7 Å². The number of ether oxygens (including phenoxy) is 1. The predicted molar refractivity (Wildman–Crippen MR) is 117 cm³/mol. The maximum atomic E-state index is 12.1. The van der Waals surface area contributed by atoms with Gasteiger partial charge in [-0.15, -0.1) is 10.2 Å². The molecule has 0 saturated heterocycles. The number of thioether (sulfide) groups is 1. The van der Waals surface area contributed by atoms with Gasteiger partial charge in [-0.25, -0.2) is 4.79 Å². The molecule has 0 bridgehead atoms. The Kier molecular flexibility index (Phi) is 7.60. The van der Waals surface area contributed by atoms with Crippen LogP contribution in [0.2, 0.25) is 0 Å². The summed E-state index contributed by atoms with van der Waals surface area (Å²) in [5.74, 6) is -0.387. The van der Waals surface area contributed by atoms with Gasteiger partial charge in [-0.2, -0.15) is 0 Å². The van der Waals surface area contributed by atoms with Gasteiger partial charge in [0.15, 0.2) is 5.16 Å². The molecule has 0 spiro atoms. The quantitative estimate of drug-likeness (QED) is 0.306. The number of rotatable bonds is 9. The Morgan fingerprint density at radius 3 is 2.72 bits per heavy atom. The van der Waals surface area contributed by atoms with Gasteiger partial charge in [-0.05, 0) is 31.5 Å². The van der Waals surface area contributed by atoms with Gasteiger partial charge in [0, 0.05) is 23.9 Å². The lowest BCUT2D eigenvalue weighted by Crippen LogP contribution is -2.31. The first-order valence-corrected chi connectivity index (χ1v) is 10.7. The number of aromatic nitrogens is 5. The normalized spacial score (nSPS) is 10.7. The van der Waals surface area contributed by atoms with Crippen molar-refractivity contribution in [2.45, 2.75) is 25.4 Å². The average Bonchev–Trinajstić information content (AvgIpc) is 3.12. The van der Waals surface area contributed by atoms with Crippen molar-refractivity contribution in [1.29, 1.82) is 0 Å². The molecule has 0 aliphatic carbocycles. The van der Waals surface area contributed by atoms with E-state index in [0.29, 0.717) is 16.7 Å². The first-order chi connectivity index (χ1) is 15.4. The van der Waals surface area contributed by atoms with Crippen molar-refractivity contribution in [2.24, 2.45) is 0 Å². The summed E-state index contributed by atoms with van der Waals surface area (Å²) in [7, 11) is 0. The van der Waals surface area contributed by atoms with E-state index >= 15 is 0 Å².